The first-order valence-electron chi connectivity index (χ1n) is 13.2. The fourth-order valence-electron chi connectivity index (χ4n) is 5.51. The first-order valence-corrected chi connectivity index (χ1v) is 14.0. The second-order valence-electron chi connectivity index (χ2n) is 10.2. The molecule has 222 valence electrons. The smallest absolute Gasteiger partial charge is 0.416 e. The molecule has 3 heterocycles. The maximum Gasteiger partial charge on any atom is 0.416 e. The molecule has 8 nitrogen and oxygen atoms in total. The van der Waals surface area contributed by atoms with Crippen LogP contribution in [-0.2, 0) is 22.3 Å². The van der Waals surface area contributed by atoms with Gasteiger partial charge in [0.2, 0.25) is 5.72 Å². The average molecular weight is 611 g/mol. The van der Waals surface area contributed by atoms with E-state index in [9.17, 15) is 22.8 Å². The number of esters is 1. The standard InChI is InChI=1S/C31H25F3N2O6S/c1-30-25(28(38)40-3)26(21-9-4-5-10-23(21)42-30)36-27(37)24(43-29(36)35-30)14-17-11-12-22(39-2)18(13-17)16-41-20-8-6-7-19(15-20)31(32,33)34/h4-15,25-26H,16H2,1-3H3/b24-14+. The van der Waals surface area contributed by atoms with E-state index in [1.54, 1.807) is 37.3 Å². The van der Waals surface area contributed by atoms with E-state index in [4.69, 9.17) is 23.9 Å². The van der Waals surface area contributed by atoms with E-state index in [-0.39, 0.29) is 17.9 Å². The largest absolute Gasteiger partial charge is 0.496 e. The number of methoxy groups -OCH3 is 2. The predicted octanol–water partition coefficient (Wildman–Crippen LogP) is 4.47. The molecule has 3 atom stereocenters. The third-order valence-electron chi connectivity index (χ3n) is 7.49. The maximum atomic E-state index is 13.9. The second kappa shape index (κ2) is 10.6. The number of nitrogens with zero attached hydrogens (tertiary/aromatic N) is 2. The molecule has 6 rings (SSSR count). The van der Waals surface area contributed by atoms with Crippen LogP contribution in [0.25, 0.3) is 6.08 Å². The van der Waals surface area contributed by atoms with Crippen molar-refractivity contribution >= 4 is 23.4 Å². The van der Waals surface area contributed by atoms with Crippen molar-refractivity contribution in [3.63, 3.8) is 0 Å². The molecule has 0 amide bonds. The van der Waals surface area contributed by atoms with Gasteiger partial charge in [-0.1, -0.05) is 41.7 Å². The quantitative estimate of drug-likeness (QED) is 0.300. The SMILES string of the molecule is COC(=O)C1C2c3ccccc3OC1(C)N=c1s/c(=C/c3ccc(OC)c(COc4cccc(C(F)(F)F)c4)c3)c(=O)n12. The van der Waals surface area contributed by atoms with Gasteiger partial charge in [0.1, 0.15) is 29.8 Å². The molecular formula is C31H25F3N2O6S. The molecule has 0 N–H and O–H groups in total. The highest BCUT2D eigenvalue weighted by Gasteiger charge is 2.55. The van der Waals surface area contributed by atoms with Gasteiger partial charge in [-0.2, -0.15) is 13.2 Å². The van der Waals surface area contributed by atoms with E-state index >= 15 is 0 Å². The summed E-state index contributed by atoms with van der Waals surface area (Å²) in [5.41, 5.74) is -0.552. The van der Waals surface area contributed by atoms with Crippen molar-refractivity contribution in [3.8, 4) is 17.2 Å². The molecule has 4 aromatic rings. The van der Waals surface area contributed by atoms with Gasteiger partial charge in [0.15, 0.2) is 4.80 Å². The summed E-state index contributed by atoms with van der Waals surface area (Å²) in [6, 6.07) is 16.3. The lowest BCUT2D eigenvalue weighted by Crippen LogP contribution is -2.58. The van der Waals surface area contributed by atoms with E-state index in [0.717, 1.165) is 12.1 Å². The van der Waals surface area contributed by atoms with Gasteiger partial charge in [0, 0.05) is 11.1 Å². The fourth-order valence-corrected chi connectivity index (χ4v) is 6.61. The summed E-state index contributed by atoms with van der Waals surface area (Å²) in [6.45, 7) is 1.63. The summed E-state index contributed by atoms with van der Waals surface area (Å²) >= 11 is 1.17. The van der Waals surface area contributed by atoms with Crippen molar-refractivity contribution < 1.29 is 36.9 Å². The molecule has 43 heavy (non-hydrogen) atoms. The number of thiazole rings is 1. The summed E-state index contributed by atoms with van der Waals surface area (Å²) < 4.78 is 63.7. The summed E-state index contributed by atoms with van der Waals surface area (Å²) in [4.78, 5) is 32.0. The average Bonchev–Trinajstić information content (AvgIpc) is 3.27. The Labute approximate surface area is 247 Å². The monoisotopic (exact) mass is 610 g/mol. The van der Waals surface area contributed by atoms with Crippen molar-refractivity contribution in [2.45, 2.75) is 31.5 Å². The zero-order valence-corrected chi connectivity index (χ0v) is 24.0. The van der Waals surface area contributed by atoms with E-state index in [0.29, 0.717) is 37.5 Å². The summed E-state index contributed by atoms with van der Waals surface area (Å²) in [5, 5.41) is 0. The van der Waals surface area contributed by atoms with Crippen LogP contribution < -0.4 is 29.1 Å². The number of hydrogen-bond acceptors (Lipinski definition) is 8. The highest BCUT2D eigenvalue weighted by molar-refractivity contribution is 7.07. The van der Waals surface area contributed by atoms with Gasteiger partial charge in [-0.3, -0.25) is 14.2 Å². The normalized spacial score (nSPS) is 20.7. The minimum atomic E-state index is -4.49. The molecule has 3 aromatic carbocycles. The molecule has 1 aromatic heterocycles. The maximum absolute atomic E-state index is 13.9. The van der Waals surface area contributed by atoms with Gasteiger partial charge < -0.3 is 18.9 Å². The Bertz CT molecular complexity index is 1920. The van der Waals surface area contributed by atoms with E-state index in [1.807, 2.05) is 18.2 Å². The lowest BCUT2D eigenvalue weighted by Gasteiger charge is -2.44. The number of alkyl halides is 3. The van der Waals surface area contributed by atoms with E-state index in [2.05, 4.69) is 0 Å². The van der Waals surface area contributed by atoms with E-state index < -0.39 is 35.4 Å². The number of aromatic nitrogens is 1. The Kier molecular flexibility index (Phi) is 7.04. The molecule has 2 aliphatic rings. The third kappa shape index (κ3) is 5.05. The van der Waals surface area contributed by atoms with Crippen LogP contribution in [0.1, 0.15) is 35.2 Å². The lowest BCUT2D eigenvalue weighted by molar-refractivity contribution is -0.158. The second-order valence-corrected chi connectivity index (χ2v) is 11.2. The van der Waals surface area contributed by atoms with Crippen LogP contribution in [0.5, 0.6) is 17.2 Å². The number of carbonyl (C=O) groups is 1. The molecule has 3 unspecified atom stereocenters. The third-order valence-corrected chi connectivity index (χ3v) is 8.48. The molecule has 12 heteroatoms. The van der Waals surface area contributed by atoms with Crippen LogP contribution >= 0.6 is 11.3 Å². The number of rotatable bonds is 6. The number of para-hydroxylation sites is 1. The predicted molar refractivity (Wildman–Crippen MR) is 151 cm³/mol. The van der Waals surface area contributed by atoms with Crippen molar-refractivity contribution in [1.29, 1.82) is 0 Å². The topological polar surface area (TPSA) is 88.4 Å². The highest BCUT2D eigenvalue weighted by atomic mass is 32.1. The molecule has 0 saturated heterocycles. The fraction of sp³-hybridized carbons (Fsp3) is 0.258. The Balaban J connectivity index is 1.40. The molecular weight excluding hydrogens is 585 g/mol. The molecule has 0 spiro atoms. The van der Waals surface area contributed by atoms with Crippen molar-refractivity contribution in [2.24, 2.45) is 10.9 Å². The van der Waals surface area contributed by atoms with Gasteiger partial charge in [0.25, 0.3) is 5.56 Å². The van der Waals surface area contributed by atoms with Crippen LogP contribution in [0.4, 0.5) is 13.2 Å². The Morgan fingerprint density at radius 1 is 1.12 bits per heavy atom. The van der Waals surface area contributed by atoms with Crippen molar-refractivity contribution in [2.75, 3.05) is 14.2 Å². The van der Waals surface area contributed by atoms with Crippen LogP contribution in [0.2, 0.25) is 0 Å². The van der Waals surface area contributed by atoms with Crippen LogP contribution in [-0.4, -0.2) is 30.5 Å². The number of carbonyl (C=O) groups excluding carboxylic acids is 1. The first-order chi connectivity index (χ1) is 20.5. The summed E-state index contributed by atoms with van der Waals surface area (Å²) in [6.07, 6.45) is -2.81. The van der Waals surface area contributed by atoms with E-state index in [1.165, 1.54) is 42.3 Å². The molecule has 0 radical (unpaired) electrons. The number of benzene rings is 3. The molecule has 2 bridgehead atoms. The highest BCUT2D eigenvalue weighted by Crippen LogP contribution is 2.47. The van der Waals surface area contributed by atoms with Gasteiger partial charge >= 0.3 is 12.1 Å². The van der Waals surface area contributed by atoms with Crippen molar-refractivity contribution in [3.05, 3.63) is 109 Å². The zero-order chi connectivity index (χ0) is 30.5. The Morgan fingerprint density at radius 2 is 1.91 bits per heavy atom. The summed E-state index contributed by atoms with van der Waals surface area (Å²) in [7, 11) is 2.76. The Morgan fingerprint density at radius 3 is 2.65 bits per heavy atom. The van der Waals surface area contributed by atoms with Crippen LogP contribution in [0, 0.1) is 5.92 Å². The van der Waals surface area contributed by atoms with Gasteiger partial charge in [-0.25, -0.2) is 4.99 Å². The number of fused-ring (bicyclic) bond motifs is 6. The minimum absolute atomic E-state index is 0.0549. The van der Waals surface area contributed by atoms with Crippen LogP contribution in [0.15, 0.2) is 76.5 Å². The minimum Gasteiger partial charge on any atom is -0.496 e. The van der Waals surface area contributed by atoms with Gasteiger partial charge in [-0.05, 0) is 55.0 Å². The van der Waals surface area contributed by atoms with Crippen molar-refractivity contribution in [1.82, 2.24) is 4.57 Å². The zero-order valence-electron chi connectivity index (χ0n) is 23.2. The number of hydrogen-bond donors (Lipinski definition) is 0. The molecule has 0 fully saturated rings. The number of ether oxygens (including phenoxy) is 4. The number of halogens is 3. The molecule has 0 aliphatic carbocycles. The van der Waals surface area contributed by atoms with Gasteiger partial charge in [-0.15, -0.1) is 0 Å². The molecule has 2 aliphatic heterocycles. The van der Waals surface area contributed by atoms with Crippen LogP contribution in [0.3, 0.4) is 0 Å². The van der Waals surface area contributed by atoms with Gasteiger partial charge in [0.05, 0.1) is 30.4 Å². The Hall–Kier alpha value is -4.58. The summed E-state index contributed by atoms with van der Waals surface area (Å²) in [5.74, 6) is -0.368. The molecule has 0 saturated carbocycles. The first kappa shape index (κ1) is 28.5. The lowest BCUT2D eigenvalue weighted by atomic mass is 9.81.